The van der Waals surface area contributed by atoms with Gasteiger partial charge in [-0.3, -0.25) is 10.1 Å². The fourth-order valence-electron chi connectivity index (χ4n) is 1.13. The molecule has 0 saturated heterocycles. The highest BCUT2D eigenvalue weighted by atomic mass is 32.2. The molecule has 0 radical (unpaired) electrons. The van der Waals surface area contributed by atoms with Crippen LogP contribution in [0.25, 0.3) is 0 Å². The largest absolute Gasteiger partial charge is 0.363 e. The predicted octanol–water partition coefficient (Wildman–Crippen LogP) is 1.64. The number of nitrogens with one attached hydrogen (secondary N) is 1. The Bertz CT molecular complexity index is 430. The molecule has 0 aliphatic heterocycles. The molecule has 1 N–H and O–H groups in total. The van der Waals surface area contributed by atoms with Gasteiger partial charge in [0, 0.05) is 18.5 Å². The Balaban J connectivity index is 2.99. The topological polar surface area (TPSA) is 91.8 Å². The van der Waals surface area contributed by atoms with Gasteiger partial charge in [0.2, 0.25) is 5.82 Å². The Morgan fingerprint density at radius 1 is 1.75 bits per heavy atom. The summed E-state index contributed by atoms with van der Waals surface area (Å²) >= 11 is 1.62. The molecule has 0 aliphatic carbocycles. The van der Waals surface area contributed by atoms with E-state index in [0.717, 1.165) is 5.75 Å². The normalized spacial score (nSPS) is 9.50. The lowest BCUT2D eigenvalue weighted by molar-refractivity contribution is -0.384. The number of anilines is 1. The van der Waals surface area contributed by atoms with E-state index < -0.39 is 4.92 Å². The molecule has 84 valence electrons. The van der Waals surface area contributed by atoms with Crippen LogP contribution in [0, 0.1) is 21.4 Å². The zero-order valence-electron chi connectivity index (χ0n) is 8.64. The third-order valence-corrected chi connectivity index (χ3v) is 2.44. The van der Waals surface area contributed by atoms with E-state index >= 15 is 0 Å². The van der Waals surface area contributed by atoms with Gasteiger partial charge in [0.25, 0.3) is 0 Å². The van der Waals surface area contributed by atoms with Crippen LogP contribution in [0.4, 0.5) is 11.5 Å². The summed E-state index contributed by atoms with van der Waals surface area (Å²) < 4.78 is 0. The quantitative estimate of drug-likeness (QED) is 0.476. The van der Waals surface area contributed by atoms with Gasteiger partial charge in [-0.05, 0) is 12.3 Å². The van der Waals surface area contributed by atoms with Crippen LogP contribution < -0.4 is 5.32 Å². The van der Waals surface area contributed by atoms with E-state index in [9.17, 15) is 10.1 Å². The van der Waals surface area contributed by atoms with E-state index in [0.29, 0.717) is 6.54 Å². The van der Waals surface area contributed by atoms with Crippen molar-refractivity contribution in [3.05, 3.63) is 27.9 Å². The van der Waals surface area contributed by atoms with Gasteiger partial charge in [0.15, 0.2) is 0 Å². The van der Waals surface area contributed by atoms with Gasteiger partial charge in [-0.15, -0.1) is 0 Å². The lowest BCUT2D eigenvalue weighted by atomic mass is 10.2. The van der Waals surface area contributed by atoms with Gasteiger partial charge in [-0.2, -0.15) is 17.0 Å². The summed E-state index contributed by atoms with van der Waals surface area (Å²) in [5, 5.41) is 22.4. The fraction of sp³-hybridized carbons (Fsp3) is 0.333. The molecule has 0 saturated carbocycles. The van der Waals surface area contributed by atoms with E-state index in [-0.39, 0.29) is 17.1 Å². The van der Waals surface area contributed by atoms with Gasteiger partial charge in [-0.1, -0.05) is 0 Å². The SMILES string of the molecule is CSCCNc1nccc(C#N)c1[N+](=O)[O-]. The average molecular weight is 238 g/mol. The second-order valence-corrected chi connectivity index (χ2v) is 3.83. The van der Waals surface area contributed by atoms with Crippen molar-refractivity contribution >= 4 is 23.3 Å². The average Bonchev–Trinajstić information content (AvgIpc) is 2.28. The van der Waals surface area contributed by atoms with E-state index in [2.05, 4.69) is 10.3 Å². The summed E-state index contributed by atoms with van der Waals surface area (Å²) in [5.41, 5.74) is -0.238. The summed E-state index contributed by atoms with van der Waals surface area (Å²) in [7, 11) is 0. The van der Waals surface area contributed by atoms with Crippen LogP contribution >= 0.6 is 11.8 Å². The van der Waals surface area contributed by atoms with Crippen LogP contribution in [0.5, 0.6) is 0 Å². The number of nitro groups is 1. The van der Waals surface area contributed by atoms with Crippen molar-refractivity contribution in [1.82, 2.24) is 4.98 Å². The van der Waals surface area contributed by atoms with Gasteiger partial charge >= 0.3 is 5.69 Å². The van der Waals surface area contributed by atoms with Crippen molar-refractivity contribution in [3.63, 3.8) is 0 Å². The Morgan fingerprint density at radius 2 is 2.50 bits per heavy atom. The maximum atomic E-state index is 10.8. The minimum atomic E-state index is -0.590. The zero-order chi connectivity index (χ0) is 12.0. The maximum Gasteiger partial charge on any atom is 0.328 e. The predicted molar refractivity (Wildman–Crippen MR) is 62.5 cm³/mol. The molecule has 0 aromatic carbocycles. The number of rotatable bonds is 5. The first-order valence-corrected chi connectivity index (χ1v) is 5.86. The van der Waals surface area contributed by atoms with Crippen molar-refractivity contribution in [2.45, 2.75) is 0 Å². The fourth-order valence-corrected chi connectivity index (χ4v) is 1.44. The van der Waals surface area contributed by atoms with Crippen LogP contribution in [0.15, 0.2) is 12.3 Å². The smallest absolute Gasteiger partial charge is 0.328 e. The molecule has 6 nitrogen and oxygen atoms in total. The van der Waals surface area contributed by atoms with E-state index in [4.69, 9.17) is 5.26 Å². The van der Waals surface area contributed by atoms with Crippen LogP contribution in [0.1, 0.15) is 5.56 Å². The van der Waals surface area contributed by atoms with Crippen molar-refractivity contribution in [3.8, 4) is 6.07 Å². The molecule has 1 aromatic rings. The van der Waals surface area contributed by atoms with E-state index in [1.807, 2.05) is 6.26 Å². The molecule has 7 heteroatoms. The third kappa shape index (κ3) is 2.84. The number of pyridine rings is 1. The second kappa shape index (κ2) is 5.92. The highest BCUT2D eigenvalue weighted by Crippen LogP contribution is 2.25. The minimum Gasteiger partial charge on any atom is -0.363 e. The molecule has 0 fully saturated rings. The van der Waals surface area contributed by atoms with Crippen LogP contribution in [0.2, 0.25) is 0 Å². The first-order chi connectivity index (χ1) is 7.70. The molecule has 0 amide bonds. The molecule has 1 aromatic heterocycles. The highest BCUT2D eigenvalue weighted by Gasteiger charge is 2.20. The Kier molecular flexibility index (Phi) is 4.54. The molecule has 0 unspecified atom stereocenters. The number of nitrogens with zero attached hydrogens (tertiary/aromatic N) is 3. The third-order valence-electron chi connectivity index (χ3n) is 1.83. The van der Waals surface area contributed by atoms with Crippen molar-refractivity contribution in [1.29, 1.82) is 5.26 Å². The molecular formula is C9H10N4O2S. The van der Waals surface area contributed by atoms with E-state index in [1.54, 1.807) is 17.8 Å². The van der Waals surface area contributed by atoms with Crippen molar-refractivity contribution in [2.75, 3.05) is 23.9 Å². The highest BCUT2D eigenvalue weighted by molar-refractivity contribution is 7.98. The van der Waals surface area contributed by atoms with Gasteiger partial charge in [0.1, 0.15) is 11.6 Å². The maximum absolute atomic E-state index is 10.8. The van der Waals surface area contributed by atoms with Crippen molar-refractivity contribution < 1.29 is 4.92 Å². The van der Waals surface area contributed by atoms with Gasteiger partial charge < -0.3 is 5.32 Å². The lowest BCUT2D eigenvalue weighted by Gasteiger charge is -2.05. The second-order valence-electron chi connectivity index (χ2n) is 2.84. The first-order valence-electron chi connectivity index (χ1n) is 4.47. The molecule has 1 rings (SSSR count). The molecule has 16 heavy (non-hydrogen) atoms. The summed E-state index contributed by atoms with van der Waals surface area (Å²) in [5.74, 6) is 0.966. The Labute approximate surface area is 96.8 Å². The molecule has 1 heterocycles. The summed E-state index contributed by atoms with van der Waals surface area (Å²) in [6, 6.07) is 3.11. The summed E-state index contributed by atoms with van der Waals surface area (Å²) in [4.78, 5) is 14.1. The molecular weight excluding hydrogens is 228 g/mol. The van der Waals surface area contributed by atoms with Crippen molar-refractivity contribution in [2.24, 2.45) is 0 Å². The van der Waals surface area contributed by atoms with Gasteiger partial charge in [0.05, 0.1) is 4.92 Å². The zero-order valence-corrected chi connectivity index (χ0v) is 9.45. The first kappa shape index (κ1) is 12.3. The summed E-state index contributed by atoms with van der Waals surface area (Å²) in [6.45, 7) is 0.573. The van der Waals surface area contributed by atoms with E-state index in [1.165, 1.54) is 12.3 Å². The number of nitriles is 1. The van der Waals surface area contributed by atoms with Crippen LogP contribution in [-0.4, -0.2) is 28.5 Å². The van der Waals surface area contributed by atoms with Crippen LogP contribution in [0.3, 0.4) is 0 Å². The standard InChI is InChI=1S/C9H10N4O2S/c1-16-5-4-12-9-8(13(14)15)7(6-10)2-3-11-9/h2-3H,4-5H2,1H3,(H,11,12). The Morgan fingerprint density at radius 3 is 3.06 bits per heavy atom. The summed E-state index contributed by atoms with van der Waals surface area (Å²) in [6.07, 6.45) is 3.32. The number of thioether (sulfide) groups is 1. The minimum absolute atomic E-state index is 0.0200. The van der Waals surface area contributed by atoms with Crippen LogP contribution in [-0.2, 0) is 0 Å². The van der Waals surface area contributed by atoms with Gasteiger partial charge in [-0.25, -0.2) is 4.98 Å². The lowest BCUT2D eigenvalue weighted by Crippen LogP contribution is -2.08. The number of hydrogen-bond donors (Lipinski definition) is 1. The molecule has 0 atom stereocenters. The number of hydrogen-bond acceptors (Lipinski definition) is 6. The molecule has 0 aliphatic rings. The molecule has 0 bridgehead atoms. The monoisotopic (exact) mass is 238 g/mol. The number of aromatic nitrogens is 1. The molecule has 0 spiro atoms. The Hall–Kier alpha value is -1.81.